The predicted octanol–water partition coefficient (Wildman–Crippen LogP) is 3.54. The van der Waals surface area contributed by atoms with Crippen LogP contribution in [0.15, 0.2) is 0 Å². The third-order valence-corrected chi connectivity index (χ3v) is 7.35. The Morgan fingerprint density at radius 1 is 1.05 bits per heavy atom. The molecule has 0 aromatic heterocycles. The monoisotopic (exact) mass is 675 g/mol. The molecule has 42 heavy (non-hydrogen) atoms. The zero-order chi connectivity index (χ0) is 32.4. The number of carbonyl (C=O) groups excluding carboxylic acids is 5. The Morgan fingerprint density at radius 2 is 1.67 bits per heavy atom. The largest absolute Gasteiger partial charge is 0.460 e. The number of halogens is 3. The Kier molecular flexibility index (Phi) is 15.7. The summed E-state index contributed by atoms with van der Waals surface area (Å²) in [5.74, 6) is -3.38. The first-order valence-corrected chi connectivity index (χ1v) is 16.3. The van der Waals surface area contributed by atoms with Crippen molar-refractivity contribution in [2.45, 2.75) is 101 Å². The standard InChI is InChI=1S/C27H44Cl3N3O8S/c1-14(2)10-20(32-23(37)19(8-9-42-7)33-25(39)41-26(4,5)6)21(35)17-11-16(34)12-18(17)22(36)31-15(3)24(38)40-13-27(28,29)30/h14-15,17-21,35H,8-13H2,1-7H3,(H,31,36)(H,32,37)(H,33,39)/t15-,17+,18+,19-,20-,21-/m0/s1. The second kappa shape index (κ2) is 17.1. The molecule has 0 aliphatic heterocycles. The molecule has 1 aliphatic carbocycles. The van der Waals surface area contributed by atoms with Crippen LogP contribution in [0, 0.1) is 17.8 Å². The van der Waals surface area contributed by atoms with E-state index in [1.807, 2.05) is 20.1 Å². The van der Waals surface area contributed by atoms with Crippen molar-refractivity contribution in [3.63, 3.8) is 0 Å². The fraction of sp³-hybridized carbons (Fsp3) is 0.815. The lowest BCUT2D eigenvalue weighted by atomic mass is 9.83. The van der Waals surface area contributed by atoms with Crippen LogP contribution in [0.3, 0.4) is 0 Å². The van der Waals surface area contributed by atoms with Crippen LogP contribution in [-0.4, -0.2) is 87.0 Å². The van der Waals surface area contributed by atoms with E-state index in [1.165, 1.54) is 18.7 Å². The van der Waals surface area contributed by atoms with Crippen LogP contribution in [0.4, 0.5) is 4.79 Å². The number of thioether (sulfide) groups is 1. The minimum atomic E-state index is -1.82. The van der Waals surface area contributed by atoms with Gasteiger partial charge in [-0.3, -0.25) is 14.4 Å². The van der Waals surface area contributed by atoms with E-state index < -0.39 is 75.9 Å². The zero-order valence-electron chi connectivity index (χ0n) is 25.1. The summed E-state index contributed by atoms with van der Waals surface area (Å²) >= 11 is 18.3. The first-order valence-electron chi connectivity index (χ1n) is 13.8. The van der Waals surface area contributed by atoms with Gasteiger partial charge in [0.1, 0.15) is 30.1 Å². The minimum absolute atomic E-state index is 0.0329. The lowest BCUT2D eigenvalue weighted by Crippen LogP contribution is -2.55. The summed E-state index contributed by atoms with van der Waals surface area (Å²) in [5.41, 5.74) is -0.761. The number of amides is 3. The highest BCUT2D eigenvalue weighted by molar-refractivity contribution is 7.98. The molecule has 4 N–H and O–H groups in total. The van der Waals surface area contributed by atoms with Gasteiger partial charge in [0, 0.05) is 18.8 Å². The van der Waals surface area contributed by atoms with Crippen molar-refractivity contribution in [1.82, 2.24) is 16.0 Å². The molecule has 11 nitrogen and oxygen atoms in total. The molecule has 1 aliphatic rings. The van der Waals surface area contributed by atoms with Gasteiger partial charge in [-0.1, -0.05) is 48.7 Å². The number of aliphatic hydroxyl groups excluding tert-OH is 1. The molecule has 1 saturated carbocycles. The number of nitrogens with one attached hydrogen (secondary N) is 3. The molecule has 0 bridgehead atoms. The number of ether oxygens (including phenoxy) is 2. The van der Waals surface area contributed by atoms with Crippen LogP contribution in [0.5, 0.6) is 0 Å². The van der Waals surface area contributed by atoms with Gasteiger partial charge in [0.05, 0.1) is 18.1 Å². The number of esters is 1. The van der Waals surface area contributed by atoms with E-state index in [2.05, 4.69) is 16.0 Å². The van der Waals surface area contributed by atoms with Crippen molar-refractivity contribution in [3.8, 4) is 0 Å². The van der Waals surface area contributed by atoms with Crippen LogP contribution >= 0.6 is 46.6 Å². The normalized spacial score (nSPS) is 20.3. The number of rotatable bonds is 14. The lowest BCUT2D eigenvalue weighted by molar-refractivity contribution is -0.148. The average Bonchev–Trinajstić information content (AvgIpc) is 3.23. The van der Waals surface area contributed by atoms with Gasteiger partial charge in [0.2, 0.25) is 15.6 Å². The molecule has 15 heteroatoms. The van der Waals surface area contributed by atoms with E-state index in [4.69, 9.17) is 44.3 Å². The van der Waals surface area contributed by atoms with Crippen molar-refractivity contribution in [3.05, 3.63) is 0 Å². The molecule has 242 valence electrons. The molecule has 0 saturated heterocycles. The van der Waals surface area contributed by atoms with Gasteiger partial charge in [0.25, 0.3) is 0 Å². The summed E-state index contributed by atoms with van der Waals surface area (Å²) in [7, 11) is 0. The molecular weight excluding hydrogens is 633 g/mol. The fourth-order valence-corrected chi connectivity index (χ4v) is 5.15. The Bertz CT molecular complexity index is 958. The quantitative estimate of drug-likeness (QED) is 0.159. The number of ketones is 1. The van der Waals surface area contributed by atoms with Gasteiger partial charge in [0.15, 0.2) is 0 Å². The summed E-state index contributed by atoms with van der Waals surface area (Å²) in [6.07, 6.45) is 0.294. The first kappa shape index (κ1) is 38.6. The summed E-state index contributed by atoms with van der Waals surface area (Å²) < 4.78 is 8.39. The van der Waals surface area contributed by atoms with E-state index in [1.54, 1.807) is 20.8 Å². The molecule has 0 aromatic carbocycles. The molecule has 0 unspecified atom stereocenters. The first-order chi connectivity index (χ1) is 19.2. The molecule has 0 radical (unpaired) electrons. The van der Waals surface area contributed by atoms with Gasteiger partial charge in [-0.25, -0.2) is 9.59 Å². The van der Waals surface area contributed by atoms with E-state index in [0.717, 1.165) is 0 Å². The maximum atomic E-state index is 13.4. The van der Waals surface area contributed by atoms with Crippen LogP contribution < -0.4 is 16.0 Å². The third kappa shape index (κ3) is 14.3. The second-order valence-electron chi connectivity index (χ2n) is 11.9. The number of Topliss-reactive ketones (excluding diaryl/α,β-unsaturated/α-hetero) is 1. The number of alkyl halides is 3. The highest BCUT2D eigenvalue weighted by Gasteiger charge is 2.45. The molecule has 1 rings (SSSR count). The third-order valence-electron chi connectivity index (χ3n) is 6.38. The van der Waals surface area contributed by atoms with Gasteiger partial charge in [-0.2, -0.15) is 11.8 Å². The van der Waals surface area contributed by atoms with Gasteiger partial charge >= 0.3 is 12.1 Å². The van der Waals surface area contributed by atoms with Crippen molar-refractivity contribution >= 4 is 76.2 Å². The number of hydrogen-bond acceptors (Lipinski definition) is 9. The van der Waals surface area contributed by atoms with Gasteiger partial charge in [-0.05, 0) is 58.5 Å². The Labute approximate surface area is 267 Å². The number of carbonyl (C=O) groups is 5. The fourth-order valence-electron chi connectivity index (χ4n) is 4.52. The summed E-state index contributed by atoms with van der Waals surface area (Å²) in [6, 6.07) is -2.87. The molecule has 0 aromatic rings. The van der Waals surface area contributed by atoms with Crippen LogP contribution in [0.25, 0.3) is 0 Å². The molecule has 0 heterocycles. The minimum Gasteiger partial charge on any atom is -0.460 e. The number of alkyl carbamates (subject to hydrolysis) is 1. The maximum Gasteiger partial charge on any atom is 0.408 e. The second-order valence-corrected chi connectivity index (χ2v) is 15.4. The van der Waals surface area contributed by atoms with Crippen molar-refractivity contribution in [2.75, 3.05) is 18.6 Å². The average molecular weight is 677 g/mol. The molecule has 6 atom stereocenters. The summed E-state index contributed by atoms with van der Waals surface area (Å²) in [5, 5.41) is 19.4. The maximum absolute atomic E-state index is 13.4. The smallest absolute Gasteiger partial charge is 0.408 e. The zero-order valence-corrected chi connectivity index (χ0v) is 28.2. The Hall–Kier alpha value is -1.47. The summed E-state index contributed by atoms with van der Waals surface area (Å²) in [4.78, 5) is 63.6. The highest BCUT2D eigenvalue weighted by Crippen LogP contribution is 2.35. The SMILES string of the molecule is CSCC[C@H](NC(=O)OC(C)(C)C)C(=O)N[C@@H](CC(C)C)[C@@H](O)[C@@H]1CC(=O)C[C@H]1C(=O)N[C@@H](C)C(=O)OCC(Cl)(Cl)Cl. The predicted molar refractivity (Wildman–Crippen MR) is 164 cm³/mol. The van der Waals surface area contributed by atoms with E-state index in [9.17, 15) is 29.1 Å². The molecular formula is C27H44Cl3N3O8S. The van der Waals surface area contributed by atoms with Crippen LogP contribution in [0.2, 0.25) is 0 Å². The van der Waals surface area contributed by atoms with Crippen molar-refractivity contribution < 1.29 is 38.6 Å². The molecule has 0 spiro atoms. The van der Waals surface area contributed by atoms with E-state index in [-0.39, 0.29) is 24.5 Å². The lowest BCUT2D eigenvalue weighted by Gasteiger charge is -2.33. The number of aliphatic hydroxyl groups is 1. The summed E-state index contributed by atoms with van der Waals surface area (Å²) in [6.45, 7) is 9.81. The Morgan fingerprint density at radius 3 is 2.19 bits per heavy atom. The Balaban J connectivity index is 3.06. The topological polar surface area (TPSA) is 160 Å². The van der Waals surface area contributed by atoms with E-state index in [0.29, 0.717) is 18.6 Å². The van der Waals surface area contributed by atoms with Crippen molar-refractivity contribution in [2.24, 2.45) is 17.8 Å². The van der Waals surface area contributed by atoms with Gasteiger partial charge in [-0.15, -0.1) is 0 Å². The van der Waals surface area contributed by atoms with Gasteiger partial charge < -0.3 is 30.5 Å². The molecule has 1 fully saturated rings. The molecule has 3 amide bonds. The number of hydrogen-bond donors (Lipinski definition) is 4. The van der Waals surface area contributed by atoms with Crippen LogP contribution in [-0.2, 0) is 28.7 Å². The van der Waals surface area contributed by atoms with E-state index >= 15 is 0 Å². The van der Waals surface area contributed by atoms with Crippen molar-refractivity contribution in [1.29, 1.82) is 0 Å². The highest BCUT2D eigenvalue weighted by atomic mass is 35.6. The van der Waals surface area contributed by atoms with Crippen LogP contribution in [0.1, 0.15) is 67.2 Å².